The Bertz CT molecular complexity index is 1390. The van der Waals surface area contributed by atoms with E-state index in [9.17, 15) is 19.2 Å². The third-order valence-corrected chi connectivity index (χ3v) is 8.75. The number of carbonyl (C=O) groups is 4. The topological polar surface area (TPSA) is 88.9 Å². The van der Waals surface area contributed by atoms with Crippen LogP contribution in [0.1, 0.15) is 82.1 Å². The van der Waals surface area contributed by atoms with Crippen LogP contribution in [0.3, 0.4) is 0 Å². The van der Waals surface area contributed by atoms with Crippen molar-refractivity contribution in [1.82, 2.24) is 14.4 Å². The summed E-state index contributed by atoms with van der Waals surface area (Å²) in [6.07, 6.45) is 10.3. The second kappa shape index (κ2) is 10.9. The maximum absolute atomic E-state index is 14.0. The van der Waals surface area contributed by atoms with E-state index in [-0.39, 0.29) is 47.5 Å². The molecule has 2 aromatic rings. The molecule has 8 nitrogen and oxygen atoms in total. The van der Waals surface area contributed by atoms with Crippen LogP contribution in [0.25, 0.3) is 10.9 Å². The zero-order valence-corrected chi connectivity index (χ0v) is 24.4. The first-order valence-corrected chi connectivity index (χ1v) is 14.6. The molecule has 1 saturated carbocycles. The first-order valence-electron chi connectivity index (χ1n) is 14.6. The number of benzene rings is 1. The van der Waals surface area contributed by atoms with Gasteiger partial charge in [-0.25, -0.2) is 0 Å². The molecular weight excluding hydrogens is 506 g/mol. The zero-order chi connectivity index (χ0) is 28.8. The first-order chi connectivity index (χ1) is 19.0. The van der Waals surface area contributed by atoms with Gasteiger partial charge in [-0.2, -0.15) is 0 Å². The number of carbonyl (C=O) groups excluding carboxylic acids is 4. The molecule has 3 atom stereocenters. The largest absolute Gasteiger partial charge is 0.491 e. The fourth-order valence-electron chi connectivity index (χ4n) is 6.81. The molecule has 0 spiro atoms. The van der Waals surface area contributed by atoms with Crippen LogP contribution in [0.4, 0.5) is 0 Å². The molecule has 2 amide bonds. The van der Waals surface area contributed by atoms with Crippen LogP contribution in [0.5, 0.6) is 5.75 Å². The normalized spacial score (nSPS) is 26.1. The Hall–Kier alpha value is -3.42. The SMILES string of the molecule is CCC(=O)[C@@H]1C[C@@]23C[C@H]2N1C(=O)Cn1cc(C(C)=O)c2cc(OC(C)C)cc(c21)C/C=C/CCCC(=O)N(C)C3. The van der Waals surface area contributed by atoms with Crippen molar-refractivity contribution in [2.24, 2.45) is 5.41 Å². The summed E-state index contributed by atoms with van der Waals surface area (Å²) in [6.45, 7) is 7.92. The van der Waals surface area contributed by atoms with Crippen molar-refractivity contribution in [2.75, 3.05) is 13.6 Å². The summed E-state index contributed by atoms with van der Waals surface area (Å²) in [5, 5.41) is 0.773. The van der Waals surface area contributed by atoms with E-state index in [1.165, 1.54) is 0 Å². The van der Waals surface area contributed by atoms with Crippen LogP contribution in [0.15, 0.2) is 30.5 Å². The van der Waals surface area contributed by atoms with Gasteiger partial charge in [0, 0.05) is 55.0 Å². The Morgan fingerprint density at radius 2 is 1.90 bits per heavy atom. The van der Waals surface area contributed by atoms with Crippen molar-refractivity contribution in [3.8, 4) is 5.75 Å². The summed E-state index contributed by atoms with van der Waals surface area (Å²) in [5.41, 5.74) is 2.15. The molecular formula is C32H41N3O5. The molecule has 0 radical (unpaired) electrons. The lowest BCUT2D eigenvalue weighted by molar-refractivity contribution is -0.139. The summed E-state index contributed by atoms with van der Waals surface area (Å²) in [6, 6.07) is 3.37. The molecule has 0 unspecified atom stereocenters. The second-order valence-electron chi connectivity index (χ2n) is 12.1. The number of piperidine rings is 1. The van der Waals surface area contributed by atoms with Gasteiger partial charge in [-0.1, -0.05) is 19.1 Å². The number of ether oxygens (including phenoxy) is 1. The molecule has 214 valence electrons. The van der Waals surface area contributed by atoms with Gasteiger partial charge in [-0.15, -0.1) is 0 Å². The maximum Gasteiger partial charge on any atom is 0.243 e. The summed E-state index contributed by atoms with van der Waals surface area (Å²) < 4.78 is 7.93. The highest BCUT2D eigenvalue weighted by molar-refractivity contribution is 6.08. The van der Waals surface area contributed by atoms with E-state index >= 15 is 0 Å². The molecule has 3 heterocycles. The van der Waals surface area contributed by atoms with Gasteiger partial charge in [0.15, 0.2) is 11.6 Å². The van der Waals surface area contributed by atoms with Gasteiger partial charge >= 0.3 is 0 Å². The lowest BCUT2D eigenvalue weighted by Crippen LogP contribution is -2.44. The molecule has 2 aliphatic heterocycles. The molecule has 2 fully saturated rings. The minimum Gasteiger partial charge on any atom is -0.491 e. The van der Waals surface area contributed by atoms with Crippen molar-refractivity contribution in [3.05, 3.63) is 41.6 Å². The predicted octanol–water partition coefficient (Wildman–Crippen LogP) is 4.71. The lowest BCUT2D eigenvalue weighted by Gasteiger charge is -2.27. The number of nitrogens with zero attached hydrogens (tertiary/aromatic N) is 3. The number of ketones is 2. The van der Waals surface area contributed by atoms with E-state index in [1.54, 1.807) is 22.9 Å². The monoisotopic (exact) mass is 547 g/mol. The minimum absolute atomic E-state index is 0.0301. The molecule has 0 N–H and O–H groups in total. The van der Waals surface area contributed by atoms with Gasteiger partial charge < -0.3 is 19.1 Å². The van der Waals surface area contributed by atoms with E-state index in [4.69, 9.17) is 4.74 Å². The zero-order valence-electron chi connectivity index (χ0n) is 24.4. The van der Waals surface area contributed by atoms with E-state index in [2.05, 4.69) is 12.2 Å². The smallest absolute Gasteiger partial charge is 0.243 e. The Balaban J connectivity index is 1.60. The average molecular weight is 548 g/mol. The molecule has 1 saturated heterocycles. The summed E-state index contributed by atoms with van der Waals surface area (Å²) in [7, 11) is 1.84. The van der Waals surface area contributed by atoms with Crippen molar-refractivity contribution in [3.63, 3.8) is 0 Å². The van der Waals surface area contributed by atoms with E-state index in [0.717, 1.165) is 35.7 Å². The molecule has 1 aromatic carbocycles. The van der Waals surface area contributed by atoms with E-state index in [1.807, 2.05) is 44.5 Å². The fourth-order valence-corrected chi connectivity index (χ4v) is 6.81. The number of hydrogen-bond acceptors (Lipinski definition) is 5. The highest BCUT2D eigenvalue weighted by Gasteiger charge is 2.67. The first kappa shape index (κ1) is 28.1. The van der Waals surface area contributed by atoms with Crippen LogP contribution in [0, 0.1) is 5.41 Å². The molecule has 5 rings (SSSR count). The molecule has 40 heavy (non-hydrogen) atoms. The Morgan fingerprint density at radius 1 is 1.12 bits per heavy atom. The molecule has 1 aromatic heterocycles. The van der Waals surface area contributed by atoms with Crippen molar-refractivity contribution >= 4 is 34.3 Å². The van der Waals surface area contributed by atoms with Crippen LogP contribution in [-0.2, 0) is 27.3 Å². The number of hydrogen-bond donors (Lipinski definition) is 0. The van der Waals surface area contributed by atoms with Gasteiger partial charge in [0.25, 0.3) is 0 Å². The minimum atomic E-state index is -0.471. The van der Waals surface area contributed by atoms with Crippen molar-refractivity contribution in [1.29, 1.82) is 0 Å². The molecule has 2 bridgehead atoms. The van der Waals surface area contributed by atoms with Crippen LogP contribution in [0.2, 0.25) is 0 Å². The van der Waals surface area contributed by atoms with E-state index < -0.39 is 6.04 Å². The quantitative estimate of drug-likeness (QED) is 0.400. The van der Waals surface area contributed by atoms with Gasteiger partial charge in [0.1, 0.15) is 12.3 Å². The highest BCUT2D eigenvalue weighted by Crippen LogP contribution is 2.60. The Kier molecular flexibility index (Phi) is 7.64. The summed E-state index contributed by atoms with van der Waals surface area (Å²) in [5.74, 6) is 0.661. The fraction of sp³-hybridized carbons (Fsp3) is 0.562. The molecule has 3 aliphatic rings. The molecule has 8 heteroatoms. The third-order valence-electron chi connectivity index (χ3n) is 8.75. The number of Topliss-reactive ketones (excluding diaryl/α,β-unsaturated/α-hetero) is 2. The number of rotatable bonds is 5. The maximum atomic E-state index is 14.0. The lowest BCUT2D eigenvalue weighted by atomic mass is 9.95. The van der Waals surface area contributed by atoms with Gasteiger partial charge in [-0.05, 0) is 70.6 Å². The van der Waals surface area contributed by atoms with Gasteiger partial charge in [0.2, 0.25) is 11.8 Å². The van der Waals surface area contributed by atoms with Crippen LogP contribution < -0.4 is 4.74 Å². The Morgan fingerprint density at radius 3 is 2.60 bits per heavy atom. The van der Waals surface area contributed by atoms with Crippen molar-refractivity contribution < 1.29 is 23.9 Å². The molecule has 1 aliphatic carbocycles. The third kappa shape index (κ3) is 5.20. The number of amides is 2. The number of aromatic nitrogens is 1. The number of allylic oxidation sites excluding steroid dienone is 2. The van der Waals surface area contributed by atoms with E-state index in [0.29, 0.717) is 43.5 Å². The summed E-state index contributed by atoms with van der Waals surface area (Å²) >= 11 is 0. The van der Waals surface area contributed by atoms with Crippen LogP contribution in [-0.4, -0.2) is 69.5 Å². The second-order valence-corrected chi connectivity index (χ2v) is 12.1. The van der Waals surface area contributed by atoms with Gasteiger partial charge in [-0.3, -0.25) is 19.2 Å². The predicted molar refractivity (Wildman–Crippen MR) is 153 cm³/mol. The summed E-state index contributed by atoms with van der Waals surface area (Å²) in [4.78, 5) is 56.3. The van der Waals surface area contributed by atoms with Crippen LogP contribution >= 0.6 is 0 Å². The van der Waals surface area contributed by atoms with Crippen molar-refractivity contribution in [2.45, 2.75) is 97.4 Å². The highest BCUT2D eigenvalue weighted by atomic mass is 16.5. The van der Waals surface area contributed by atoms with Gasteiger partial charge in [0.05, 0.1) is 17.7 Å². The Labute approximate surface area is 236 Å². The average Bonchev–Trinajstić information content (AvgIpc) is 3.29. The standard InChI is InChI=1S/C32H41N3O5/c1-6-27(37)26-15-32-16-28(32)35(26)30(39)18-34-17-25(21(4)36)24-14-23(40-20(2)3)13-22(31(24)34)11-9-7-8-10-12-29(38)33(5)19-32/h7,9,13-14,17,20,26,28H,6,8,10-12,15-16,18-19H2,1-5H3/b9-7+/t26-,28+,32-/m0/s1.